The average Bonchev–Trinajstić information content (AvgIpc) is 2.66. The zero-order valence-electron chi connectivity index (χ0n) is 15.5. The molecular formula is C18H21F3N2O5. The highest BCUT2D eigenvalue weighted by molar-refractivity contribution is 5.96. The van der Waals surface area contributed by atoms with Crippen molar-refractivity contribution in [3.63, 3.8) is 0 Å². The fraction of sp³-hybridized carbons (Fsp3) is 0.556. The minimum Gasteiger partial charge on any atom is -0.466 e. The van der Waals surface area contributed by atoms with Crippen LogP contribution in [-0.4, -0.2) is 48.0 Å². The van der Waals surface area contributed by atoms with Gasteiger partial charge in [0.15, 0.2) is 0 Å². The number of esters is 1. The van der Waals surface area contributed by atoms with Crippen LogP contribution in [0.5, 0.6) is 0 Å². The molecule has 7 nitrogen and oxygen atoms in total. The first-order valence-electron chi connectivity index (χ1n) is 8.73. The Bertz CT molecular complexity index is 721. The molecule has 154 valence electrons. The maximum atomic E-state index is 12.7. The molecule has 0 bridgehead atoms. The molecule has 0 aliphatic carbocycles. The van der Waals surface area contributed by atoms with Crippen molar-refractivity contribution in [3.05, 3.63) is 29.6 Å². The van der Waals surface area contributed by atoms with E-state index in [4.69, 9.17) is 9.47 Å². The molecule has 0 saturated carbocycles. The second-order valence-electron chi connectivity index (χ2n) is 6.32. The third-order valence-corrected chi connectivity index (χ3v) is 4.55. The normalized spacial score (nSPS) is 19.8. The van der Waals surface area contributed by atoms with E-state index >= 15 is 0 Å². The molecule has 2 atom stereocenters. The highest BCUT2D eigenvalue weighted by atomic mass is 19.4. The first-order chi connectivity index (χ1) is 13.2. The third-order valence-electron chi connectivity index (χ3n) is 4.55. The Morgan fingerprint density at radius 3 is 2.54 bits per heavy atom. The number of carbonyl (C=O) groups is 3. The molecule has 0 radical (unpaired) electrons. The Morgan fingerprint density at radius 2 is 2.00 bits per heavy atom. The first kappa shape index (κ1) is 21.6. The van der Waals surface area contributed by atoms with Gasteiger partial charge in [0.2, 0.25) is 0 Å². The van der Waals surface area contributed by atoms with Crippen LogP contribution in [0.1, 0.15) is 43.5 Å². The van der Waals surface area contributed by atoms with Crippen molar-refractivity contribution in [1.29, 1.82) is 0 Å². The summed E-state index contributed by atoms with van der Waals surface area (Å²) in [5, 5.41) is 0. The van der Waals surface area contributed by atoms with Crippen molar-refractivity contribution in [3.8, 4) is 0 Å². The third kappa shape index (κ3) is 5.20. The molecule has 1 fully saturated rings. The summed E-state index contributed by atoms with van der Waals surface area (Å²) in [5.74, 6) is -1.49. The van der Waals surface area contributed by atoms with E-state index in [1.165, 1.54) is 18.1 Å². The number of hydrogen-bond donors (Lipinski definition) is 0. The number of nitrogens with zero attached hydrogens (tertiary/aromatic N) is 2. The molecule has 1 aliphatic rings. The number of piperidine rings is 1. The lowest BCUT2D eigenvalue weighted by atomic mass is 9.84. The van der Waals surface area contributed by atoms with Crippen LogP contribution in [0.4, 0.5) is 18.0 Å². The number of aromatic nitrogens is 1. The van der Waals surface area contributed by atoms with Gasteiger partial charge in [-0.2, -0.15) is 13.2 Å². The number of Topliss-reactive ketones (excluding diaryl/α,β-unsaturated/α-hetero) is 1. The number of amides is 1. The van der Waals surface area contributed by atoms with Gasteiger partial charge in [-0.15, -0.1) is 0 Å². The van der Waals surface area contributed by atoms with Gasteiger partial charge in [0, 0.05) is 18.7 Å². The summed E-state index contributed by atoms with van der Waals surface area (Å²) in [6, 6.07) is 1.37. The smallest absolute Gasteiger partial charge is 0.433 e. The lowest BCUT2D eigenvalue weighted by molar-refractivity contribution is -0.147. The minimum atomic E-state index is -4.58. The molecule has 1 aliphatic heterocycles. The molecule has 0 unspecified atom stereocenters. The molecule has 10 heteroatoms. The maximum Gasteiger partial charge on any atom is 0.433 e. The van der Waals surface area contributed by atoms with Crippen molar-refractivity contribution in [2.24, 2.45) is 5.92 Å². The van der Waals surface area contributed by atoms with Gasteiger partial charge in [0.1, 0.15) is 17.9 Å². The Labute approximate surface area is 159 Å². The van der Waals surface area contributed by atoms with E-state index in [0.717, 1.165) is 12.3 Å². The number of pyridine rings is 1. The van der Waals surface area contributed by atoms with E-state index in [2.05, 4.69) is 4.98 Å². The highest BCUT2D eigenvalue weighted by Gasteiger charge is 2.38. The van der Waals surface area contributed by atoms with Crippen molar-refractivity contribution in [1.82, 2.24) is 9.88 Å². The predicted molar refractivity (Wildman–Crippen MR) is 90.1 cm³/mol. The predicted octanol–water partition coefficient (Wildman–Crippen LogP) is 3.14. The molecule has 0 aromatic carbocycles. The second kappa shape index (κ2) is 9.03. The van der Waals surface area contributed by atoms with Crippen LogP contribution >= 0.6 is 0 Å². The number of halogens is 3. The summed E-state index contributed by atoms with van der Waals surface area (Å²) in [4.78, 5) is 40.8. The summed E-state index contributed by atoms with van der Waals surface area (Å²) in [5.41, 5.74) is -0.696. The van der Waals surface area contributed by atoms with E-state index in [1.54, 1.807) is 6.92 Å². The van der Waals surface area contributed by atoms with Crippen LogP contribution < -0.4 is 0 Å². The summed E-state index contributed by atoms with van der Waals surface area (Å²) in [6.45, 7) is 1.95. The fourth-order valence-corrected chi connectivity index (χ4v) is 3.18. The van der Waals surface area contributed by atoms with Crippen molar-refractivity contribution in [2.75, 3.05) is 20.3 Å². The quantitative estimate of drug-likeness (QED) is 0.556. The van der Waals surface area contributed by atoms with Crippen LogP contribution in [0.2, 0.25) is 0 Å². The molecule has 28 heavy (non-hydrogen) atoms. The zero-order chi connectivity index (χ0) is 20.9. The first-order valence-corrected chi connectivity index (χ1v) is 8.73. The molecule has 0 N–H and O–H groups in total. The van der Waals surface area contributed by atoms with Gasteiger partial charge in [-0.25, -0.2) is 4.79 Å². The van der Waals surface area contributed by atoms with E-state index in [1.807, 2.05) is 0 Å². The summed E-state index contributed by atoms with van der Waals surface area (Å²) < 4.78 is 47.7. The number of rotatable bonds is 5. The summed E-state index contributed by atoms with van der Waals surface area (Å²) in [7, 11) is 1.20. The van der Waals surface area contributed by atoms with Gasteiger partial charge in [-0.3, -0.25) is 14.6 Å². The maximum absolute atomic E-state index is 12.7. The van der Waals surface area contributed by atoms with Gasteiger partial charge >= 0.3 is 18.2 Å². The lowest BCUT2D eigenvalue weighted by Gasteiger charge is -2.38. The zero-order valence-corrected chi connectivity index (χ0v) is 15.5. The summed E-state index contributed by atoms with van der Waals surface area (Å²) >= 11 is 0. The standard InChI is InChI=1S/C18H21F3N2O5/c1-3-28-16(25)9-14(24)11-6-7-23(17(26)27-2)13(8-11)12-4-5-15(22-10-12)18(19,20)21/h4-5,10-11,13H,3,6-9H2,1-2H3/t11-,13-/m0/s1. The number of ether oxygens (including phenoxy) is 2. The van der Waals surface area contributed by atoms with Crippen LogP contribution in [0, 0.1) is 5.92 Å². The molecule has 1 saturated heterocycles. The van der Waals surface area contributed by atoms with E-state index in [9.17, 15) is 27.6 Å². The summed E-state index contributed by atoms with van der Waals surface area (Å²) in [6.07, 6.45) is -4.10. The molecule has 1 aromatic rings. The topological polar surface area (TPSA) is 85.8 Å². The SMILES string of the molecule is CCOC(=O)CC(=O)[C@H]1CCN(C(=O)OC)[C@H](c2ccc(C(F)(F)F)nc2)C1. The van der Waals surface area contributed by atoms with Crippen molar-refractivity contribution in [2.45, 2.75) is 38.4 Å². The highest BCUT2D eigenvalue weighted by Crippen LogP contribution is 2.36. The fourth-order valence-electron chi connectivity index (χ4n) is 3.18. The van der Waals surface area contributed by atoms with Crippen LogP contribution in [-0.2, 0) is 25.2 Å². The second-order valence-corrected chi connectivity index (χ2v) is 6.32. The molecular weight excluding hydrogens is 381 g/mol. The van der Waals surface area contributed by atoms with Crippen LogP contribution in [0.15, 0.2) is 18.3 Å². The number of carbonyl (C=O) groups excluding carboxylic acids is 3. The molecule has 1 amide bonds. The van der Waals surface area contributed by atoms with E-state index < -0.39 is 35.9 Å². The molecule has 2 heterocycles. The number of methoxy groups -OCH3 is 1. The number of ketones is 1. The van der Waals surface area contributed by atoms with Gasteiger partial charge in [-0.1, -0.05) is 6.07 Å². The van der Waals surface area contributed by atoms with Crippen molar-refractivity contribution < 1.29 is 37.0 Å². The van der Waals surface area contributed by atoms with Crippen LogP contribution in [0.25, 0.3) is 0 Å². The minimum absolute atomic E-state index is 0.153. The average molecular weight is 402 g/mol. The number of likely N-dealkylation sites (tertiary alicyclic amines) is 1. The largest absolute Gasteiger partial charge is 0.466 e. The van der Waals surface area contributed by atoms with Gasteiger partial charge in [-0.05, 0) is 31.4 Å². The van der Waals surface area contributed by atoms with E-state index in [-0.39, 0.29) is 31.8 Å². The molecule has 1 aromatic heterocycles. The Hall–Kier alpha value is -2.65. The molecule has 2 rings (SSSR count). The number of alkyl halides is 3. The Balaban J connectivity index is 2.21. The number of hydrogen-bond acceptors (Lipinski definition) is 6. The van der Waals surface area contributed by atoms with Crippen molar-refractivity contribution >= 4 is 17.8 Å². The molecule has 0 spiro atoms. The Kier molecular flexibility index (Phi) is 6.98. The lowest BCUT2D eigenvalue weighted by Crippen LogP contribution is -2.43. The van der Waals surface area contributed by atoms with Crippen LogP contribution in [0.3, 0.4) is 0 Å². The van der Waals surface area contributed by atoms with Gasteiger partial charge in [0.25, 0.3) is 0 Å². The monoisotopic (exact) mass is 402 g/mol. The Morgan fingerprint density at radius 1 is 1.29 bits per heavy atom. The van der Waals surface area contributed by atoms with Gasteiger partial charge < -0.3 is 14.4 Å². The van der Waals surface area contributed by atoms with E-state index in [0.29, 0.717) is 12.0 Å². The van der Waals surface area contributed by atoms with Gasteiger partial charge in [0.05, 0.1) is 19.8 Å².